The van der Waals surface area contributed by atoms with Crippen LogP contribution in [0.4, 0.5) is 0 Å². The Hall–Kier alpha value is -2.92. The molecule has 0 unspecified atom stereocenters. The Bertz CT molecular complexity index is 984. The molecule has 2 atom stereocenters. The van der Waals surface area contributed by atoms with Crippen LogP contribution >= 0.6 is 0 Å². The van der Waals surface area contributed by atoms with Crippen LogP contribution in [0.1, 0.15) is 16.7 Å². The summed E-state index contributed by atoms with van der Waals surface area (Å²) in [6.45, 7) is 0. The van der Waals surface area contributed by atoms with Crippen molar-refractivity contribution in [3.05, 3.63) is 108 Å². The molecule has 0 saturated carbocycles. The molecule has 1 fully saturated rings. The summed E-state index contributed by atoms with van der Waals surface area (Å²) in [5.74, 6) is -1.03. The third kappa shape index (κ3) is 2.83. The fraction of sp³-hybridized carbons (Fsp3) is 0.174. The largest absolute Gasteiger partial charge is 0.338 e. The van der Waals surface area contributed by atoms with Crippen molar-refractivity contribution in [2.45, 2.75) is 10.8 Å². The zero-order valence-corrected chi connectivity index (χ0v) is 16.3. The maximum atomic E-state index is 12.9. The number of nitrogens with one attached hydrogen (secondary N) is 1. The van der Waals surface area contributed by atoms with Gasteiger partial charge in [-0.2, -0.15) is 0 Å². The molecule has 0 aromatic heterocycles. The molecular weight excluding hydrogens is 370 g/mol. The standard InChI is InChI=1S/C23H21NO3S/c1-28(26,27)22-20(21(25)24-22)23(17-11-5-2-6-12-17,18-13-7-3-8-14-18)19-15-9-4-10-16-19/h2-16,20,22H,1H3,(H,24,25)/t20-,22-/m1/s1. The minimum atomic E-state index is -3.49. The first-order valence-electron chi connectivity index (χ1n) is 9.11. The highest BCUT2D eigenvalue weighted by molar-refractivity contribution is 7.91. The first-order chi connectivity index (χ1) is 13.5. The highest BCUT2D eigenvalue weighted by Gasteiger charge is 2.59. The van der Waals surface area contributed by atoms with E-state index in [1.165, 1.54) is 6.26 Å². The van der Waals surface area contributed by atoms with Crippen molar-refractivity contribution < 1.29 is 13.2 Å². The predicted molar refractivity (Wildman–Crippen MR) is 109 cm³/mol. The number of amides is 1. The number of carbonyl (C=O) groups is 1. The van der Waals surface area contributed by atoms with Gasteiger partial charge in [-0.1, -0.05) is 91.0 Å². The molecule has 28 heavy (non-hydrogen) atoms. The number of hydrogen-bond acceptors (Lipinski definition) is 3. The first-order valence-corrected chi connectivity index (χ1v) is 11.1. The van der Waals surface area contributed by atoms with Gasteiger partial charge in [0.1, 0.15) is 5.37 Å². The fourth-order valence-corrected chi connectivity index (χ4v) is 5.43. The summed E-state index contributed by atoms with van der Waals surface area (Å²) in [6.07, 6.45) is 1.18. The van der Waals surface area contributed by atoms with E-state index in [4.69, 9.17) is 0 Å². The Morgan fingerprint density at radius 3 is 1.36 bits per heavy atom. The summed E-state index contributed by atoms with van der Waals surface area (Å²) >= 11 is 0. The number of benzene rings is 3. The zero-order chi connectivity index (χ0) is 19.8. The van der Waals surface area contributed by atoms with E-state index in [9.17, 15) is 13.2 Å². The molecule has 5 heteroatoms. The van der Waals surface area contributed by atoms with Gasteiger partial charge in [0.15, 0.2) is 9.84 Å². The van der Waals surface area contributed by atoms with E-state index in [0.717, 1.165) is 16.7 Å². The van der Waals surface area contributed by atoms with Gasteiger partial charge in [-0.3, -0.25) is 4.79 Å². The lowest BCUT2D eigenvalue weighted by Gasteiger charge is -2.49. The van der Waals surface area contributed by atoms with Crippen LogP contribution in [0.15, 0.2) is 91.0 Å². The van der Waals surface area contributed by atoms with E-state index in [1.54, 1.807) is 0 Å². The van der Waals surface area contributed by atoms with Crippen LogP contribution in [-0.4, -0.2) is 26.0 Å². The van der Waals surface area contributed by atoms with Crippen molar-refractivity contribution in [3.8, 4) is 0 Å². The third-order valence-electron chi connectivity index (χ3n) is 5.48. The van der Waals surface area contributed by atoms with Gasteiger partial charge < -0.3 is 5.32 Å². The van der Waals surface area contributed by atoms with Gasteiger partial charge in [-0.05, 0) is 16.7 Å². The molecule has 4 rings (SSSR count). The molecule has 0 aliphatic carbocycles. The molecule has 1 aliphatic heterocycles. The molecule has 1 heterocycles. The van der Waals surface area contributed by atoms with Gasteiger partial charge in [0.05, 0.1) is 11.3 Å². The van der Waals surface area contributed by atoms with Crippen LogP contribution in [0.5, 0.6) is 0 Å². The van der Waals surface area contributed by atoms with Crippen LogP contribution in [0, 0.1) is 5.92 Å². The Labute approximate surface area is 165 Å². The second-order valence-electron chi connectivity index (χ2n) is 7.14. The number of carbonyl (C=O) groups excluding carboxylic acids is 1. The summed E-state index contributed by atoms with van der Waals surface area (Å²) in [5.41, 5.74) is 1.75. The normalized spacial score (nSPS) is 19.5. The second kappa shape index (κ2) is 6.91. The Morgan fingerprint density at radius 2 is 1.07 bits per heavy atom. The molecular formula is C23H21NO3S. The molecule has 142 valence electrons. The van der Waals surface area contributed by atoms with Crippen molar-refractivity contribution in [2.75, 3.05) is 6.26 Å². The van der Waals surface area contributed by atoms with Gasteiger partial charge in [0.2, 0.25) is 5.91 Å². The first kappa shape index (κ1) is 18.4. The molecule has 3 aromatic rings. The van der Waals surface area contributed by atoms with Crippen molar-refractivity contribution >= 4 is 15.7 Å². The van der Waals surface area contributed by atoms with E-state index >= 15 is 0 Å². The molecule has 1 aliphatic rings. The average molecular weight is 391 g/mol. The molecule has 1 N–H and O–H groups in total. The summed E-state index contributed by atoms with van der Waals surface area (Å²) in [7, 11) is -3.49. The Kier molecular flexibility index (Phi) is 4.55. The van der Waals surface area contributed by atoms with Crippen LogP contribution in [0.2, 0.25) is 0 Å². The SMILES string of the molecule is CS(=O)(=O)[C@H]1NC(=O)[C@H]1C(c1ccccc1)(c1ccccc1)c1ccccc1. The molecule has 3 aromatic carbocycles. The highest BCUT2D eigenvalue weighted by atomic mass is 32.2. The Balaban J connectivity index is 2.09. The third-order valence-corrected chi connectivity index (χ3v) is 6.80. The van der Waals surface area contributed by atoms with Gasteiger partial charge >= 0.3 is 0 Å². The van der Waals surface area contributed by atoms with Crippen LogP contribution in [0.25, 0.3) is 0 Å². The van der Waals surface area contributed by atoms with Crippen molar-refractivity contribution in [1.29, 1.82) is 0 Å². The number of sulfone groups is 1. The summed E-state index contributed by atoms with van der Waals surface area (Å²) in [5, 5.41) is 1.68. The smallest absolute Gasteiger partial charge is 0.228 e. The lowest BCUT2D eigenvalue weighted by Crippen LogP contribution is -2.68. The number of hydrogen-bond donors (Lipinski definition) is 1. The topological polar surface area (TPSA) is 63.2 Å². The second-order valence-corrected chi connectivity index (χ2v) is 9.31. The molecule has 4 nitrogen and oxygen atoms in total. The quantitative estimate of drug-likeness (QED) is 0.537. The highest BCUT2D eigenvalue weighted by Crippen LogP contribution is 2.49. The van der Waals surface area contributed by atoms with Crippen LogP contribution in [-0.2, 0) is 20.0 Å². The van der Waals surface area contributed by atoms with E-state index in [2.05, 4.69) is 5.32 Å². The zero-order valence-electron chi connectivity index (χ0n) is 15.4. The Morgan fingerprint density at radius 1 is 0.714 bits per heavy atom. The van der Waals surface area contributed by atoms with Crippen LogP contribution < -0.4 is 5.32 Å². The number of β-lactam (4-membered cyclic amide) rings is 1. The molecule has 0 bridgehead atoms. The molecule has 1 saturated heterocycles. The number of rotatable bonds is 5. The fourth-order valence-electron chi connectivity index (χ4n) is 4.27. The minimum Gasteiger partial charge on any atom is -0.338 e. The van der Waals surface area contributed by atoms with E-state index in [-0.39, 0.29) is 5.91 Å². The van der Waals surface area contributed by atoms with Gasteiger partial charge in [-0.15, -0.1) is 0 Å². The lowest BCUT2D eigenvalue weighted by molar-refractivity contribution is -0.134. The van der Waals surface area contributed by atoms with Gasteiger partial charge in [-0.25, -0.2) is 8.42 Å². The van der Waals surface area contributed by atoms with Gasteiger partial charge in [0.25, 0.3) is 0 Å². The lowest BCUT2D eigenvalue weighted by atomic mass is 9.59. The minimum absolute atomic E-state index is 0.257. The van der Waals surface area contributed by atoms with Gasteiger partial charge in [0, 0.05) is 6.26 Å². The van der Waals surface area contributed by atoms with Crippen LogP contribution in [0.3, 0.4) is 0 Å². The summed E-state index contributed by atoms with van der Waals surface area (Å²) < 4.78 is 25.0. The van der Waals surface area contributed by atoms with E-state index in [1.807, 2.05) is 91.0 Å². The summed E-state index contributed by atoms with van der Waals surface area (Å²) in [4.78, 5) is 12.9. The maximum Gasteiger partial charge on any atom is 0.228 e. The molecule has 1 amide bonds. The van der Waals surface area contributed by atoms with Crippen molar-refractivity contribution in [3.63, 3.8) is 0 Å². The predicted octanol–water partition coefficient (Wildman–Crippen LogP) is 3.14. The van der Waals surface area contributed by atoms with Crippen molar-refractivity contribution in [1.82, 2.24) is 5.32 Å². The van der Waals surface area contributed by atoms with E-state index in [0.29, 0.717) is 0 Å². The molecule has 0 spiro atoms. The molecule has 0 radical (unpaired) electrons. The maximum absolute atomic E-state index is 12.9. The summed E-state index contributed by atoms with van der Waals surface area (Å²) in [6, 6.07) is 29.0. The monoisotopic (exact) mass is 391 g/mol. The van der Waals surface area contributed by atoms with E-state index < -0.39 is 26.5 Å². The van der Waals surface area contributed by atoms with Crippen molar-refractivity contribution in [2.24, 2.45) is 5.92 Å². The average Bonchev–Trinajstić information content (AvgIpc) is 2.71.